The molecule has 0 amide bonds. The highest BCUT2D eigenvalue weighted by Crippen LogP contribution is 2.30. The van der Waals surface area contributed by atoms with Crippen molar-refractivity contribution in [2.75, 3.05) is 0 Å². The first kappa shape index (κ1) is 9.69. The van der Waals surface area contributed by atoms with Crippen molar-refractivity contribution < 1.29 is 4.39 Å². The third-order valence-corrected chi connectivity index (χ3v) is 2.91. The Labute approximate surface area is 90.5 Å². The van der Waals surface area contributed by atoms with Gasteiger partial charge in [0.1, 0.15) is 5.82 Å². The maximum atomic E-state index is 13.2. The molecule has 0 fully saturated rings. The van der Waals surface area contributed by atoms with Gasteiger partial charge >= 0.3 is 0 Å². The minimum atomic E-state index is -0.289. The second kappa shape index (κ2) is 3.37. The molecule has 14 heavy (non-hydrogen) atoms. The average molecular weight is 230 g/mol. The smallest absolute Gasteiger partial charge is 0.128 e. The van der Waals surface area contributed by atoms with Crippen LogP contribution < -0.4 is 0 Å². The van der Waals surface area contributed by atoms with Crippen LogP contribution in [0, 0.1) is 12.7 Å². The lowest BCUT2D eigenvalue weighted by atomic mass is 10.1. The number of hydrogen-bond donors (Lipinski definition) is 0. The van der Waals surface area contributed by atoms with Crippen LogP contribution in [0.5, 0.6) is 0 Å². The summed E-state index contributed by atoms with van der Waals surface area (Å²) in [4.78, 5) is 4.05. The monoisotopic (exact) mass is 229 g/mol. The summed E-state index contributed by atoms with van der Waals surface area (Å²) in [5, 5.41) is 1.48. The molecule has 4 heteroatoms. The zero-order chi connectivity index (χ0) is 10.3. The molecule has 1 heterocycles. The second-order valence-corrected chi connectivity index (χ2v) is 3.77. The molecule has 1 nitrogen and oxygen atoms in total. The molecule has 2 aromatic rings. The number of rotatable bonds is 0. The summed E-state index contributed by atoms with van der Waals surface area (Å²) in [7, 11) is 0. The van der Waals surface area contributed by atoms with E-state index < -0.39 is 0 Å². The molecule has 0 aliphatic heterocycles. The Bertz CT molecular complexity index is 464. The largest absolute Gasteiger partial charge is 0.254 e. The van der Waals surface area contributed by atoms with Gasteiger partial charge in [0.25, 0.3) is 0 Å². The first-order valence-electron chi connectivity index (χ1n) is 4.00. The standard InChI is InChI=1S/C10H6Cl2FN/c1-5-8(13)3-2-6-9(12)7(11)4-14-10(5)6/h2-4H,1H3. The highest BCUT2D eigenvalue weighted by molar-refractivity contribution is 6.45. The summed E-state index contributed by atoms with van der Waals surface area (Å²) in [6.45, 7) is 1.66. The van der Waals surface area contributed by atoms with Crippen molar-refractivity contribution in [3.63, 3.8) is 0 Å². The Morgan fingerprint density at radius 2 is 2.00 bits per heavy atom. The molecule has 0 atom stereocenters. The van der Waals surface area contributed by atoms with Gasteiger partial charge in [0, 0.05) is 17.1 Å². The molecule has 2 rings (SSSR count). The molecule has 0 aliphatic rings. The van der Waals surface area contributed by atoms with E-state index in [0.29, 0.717) is 26.5 Å². The number of hydrogen-bond acceptors (Lipinski definition) is 1. The number of fused-ring (bicyclic) bond motifs is 1. The van der Waals surface area contributed by atoms with Crippen LogP contribution in [0.2, 0.25) is 10.0 Å². The molecule has 72 valence electrons. The van der Waals surface area contributed by atoms with Crippen molar-refractivity contribution in [1.29, 1.82) is 0 Å². The van der Waals surface area contributed by atoms with E-state index in [0.717, 1.165) is 0 Å². The van der Waals surface area contributed by atoms with Gasteiger partial charge < -0.3 is 0 Å². The topological polar surface area (TPSA) is 12.9 Å². The maximum absolute atomic E-state index is 13.2. The Balaban J connectivity index is 2.94. The molecule has 0 bridgehead atoms. The molecular formula is C10H6Cl2FN. The summed E-state index contributed by atoms with van der Waals surface area (Å²) in [5.74, 6) is -0.289. The van der Waals surface area contributed by atoms with E-state index in [-0.39, 0.29) is 5.82 Å². The summed E-state index contributed by atoms with van der Waals surface area (Å²) < 4.78 is 13.2. The lowest BCUT2D eigenvalue weighted by Gasteiger charge is -2.04. The molecule has 0 aliphatic carbocycles. The number of pyridine rings is 1. The average Bonchev–Trinajstić information content (AvgIpc) is 2.17. The van der Waals surface area contributed by atoms with E-state index in [2.05, 4.69) is 4.98 Å². The molecule has 0 saturated heterocycles. The van der Waals surface area contributed by atoms with Gasteiger partial charge in [-0.15, -0.1) is 0 Å². The third-order valence-electron chi connectivity index (χ3n) is 2.12. The summed E-state index contributed by atoms with van der Waals surface area (Å²) in [6, 6.07) is 2.94. The van der Waals surface area contributed by atoms with Crippen LogP contribution in [0.25, 0.3) is 10.9 Å². The highest BCUT2D eigenvalue weighted by Gasteiger charge is 2.09. The van der Waals surface area contributed by atoms with Crippen LogP contribution in [-0.4, -0.2) is 4.98 Å². The predicted molar refractivity (Wildman–Crippen MR) is 56.5 cm³/mol. The zero-order valence-electron chi connectivity index (χ0n) is 7.31. The zero-order valence-corrected chi connectivity index (χ0v) is 8.83. The molecule has 1 aromatic carbocycles. The normalized spacial score (nSPS) is 10.9. The van der Waals surface area contributed by atoms with Crippen LogP contribution >= 0.6 is 23.2 Å². The molecule has 0 N–H and O–H groups in total. The summed E-state index contributed by atoms with van der Waals surface area (Å²) in [6.07, 6.45) is 1.43. The minimum absolute atomic E-state index is 0.289. The van der Waals surface area contributed by atoms with Gasteiger partial charge in [-0.05, 0) is 19.1 Å². The first-order chi connectivity index (χ1) is 6.61. The number of aryl methyl sites for hydroxylation is 1. The van der Waals surface area contributed by atoms with Crippen molar-refractivity contribution in [3.05, 3.63) is 39.8 Å². The van der Waals surface area contributed by atoms with E-state index >= 15 is 0 Å². The van der Waals surface area contributed by atoms with Crippen molar-refractivity contribution in [3.8, 4) is 0 Å². The van der Waals surface area contributed by atoms with Crippen molar-refractivity contribution >= 4 is 34.1 Å². The van der Waals surface area contributed by atoms with Gasteiger partial charge in [-0.1, -0.05) is 23.2 Å². The van der Waals surface area contributed by atoms with Crippen LogP contribution in [-0.2, 0) is 0 Å². The fraction of sp³-hybridized carbons (Fsp3) is 0.100. The Morgan fingerprint density at radius 3 is 2.71 bits per heavy atom. The quantitative estimate of drug-likeness (QED) is 0.666. The van der Waals surface area contributed by atoms with E-state index in [4.69, 9.17) is 23.2 Å². The minimum Gasteiger partial charge on any atom is -0.254 e. The molecular weight excluding hydrogens is 224 g/mol. The van der Waals surface area contributed by atoms with Gasteiger partial charge in [-0.3, -0.25) is 4.98 Å². The fourth-order valence-electron chi connectivity index (χ4n) is 1.33. The molecule has 0 spiro atoms. The number of nitrogens with zero attached hydrogens (tertiary/aromatic N) is 1. The predicted octanol–water partition coefficient (Wildman–Crippen LogP) is 3.99. The molecule has 0 radical (unpaired) electrons. The number of aromatic nitrogens is 1. The first-order valence-corrected chi connectivity index (χ1v) is 4.75. The van der Waals surface area contributed by atoms with Crippen LogP contribution in [0.1, 0.15) is 5.56 Å². The molecule has 0 unspecified atom stereocenters. The Hall–Kier alpha value is -0.860. The summed E-state index contributed by atoms with van der Waals surface area (Å²) >= 11 is 11.7. The number of benzene rings is 1. The van der Waals surface area contributed by atoms with Crippen molar-refractivity contribution in [1.82, 2.24) is 4.98 Å². The van der Waals surface area contributed by atoms with E-state index in [1.807, 2.05) is 0 Å². The Morgan fingerprint density at radius 1 is 1.29 bits per heavy atom. The second-order valence-electron chi connectivity index (χ2n) is 2.99. The SMILES string of the molecule is Cc1c(F)ccc2c(Cl)c(Cl)cnc12. The van der Waals surface area contributed by atoms with Gasteiger partial charge in [0.2, 0.25) is 0 Å². The van der Waals surface area contributed by atoms with E-state index in [9.17, 15) is 4.39 Å². The van der Waals surface area contributed by atoms with Gasteiger partial charge in [0.05, 0.1) is 15.6 Å². The summed E-state index contributed by atoms with van der Waals surface area (Å²) in [5.41, 5.74) is 1.04. The van der Waals surface area contributed by atoms with Crippen molar-refractivity contribution in [2.24, 2.45) is 0 Å². The van der Waals surface area contributed by atoms with E-state index in [1.54, 1.807) is 13.0 Å². The lowest BCUT2D eigenvalue weighted by Crippen LogP contribution is -1.88. The lowest BCUT2D eigenvalue weighted by molar-refractivity contribution is 0.620. The van der Waals surface area contributed by atoms with E-state index in [1.165, 1.54) is 12.3 Å². The molecule has 1 aromatic heterocycles. The Kier molecular flexibility index (Phi) is 2.33. The fourth-order valence-corrected chi connectivity index (χ4v) is 1.68. The van der Waals surface area contributed by atoms with Crippen molar-refractivity contribution in [2.45, 2.75) is 6.92 Å². The van der Waals surface area contributed by atoms with Crippen LogP contribution in [0.15, 0.2) is 18.3 Å². The van der Waals surface area contributed by atoms with Crippen LogP contribution in [0.4, 0.5) is 4.39 Å². The molecule has 0 saturated carbocycles. The highest BCUT2D eigenvalue weighted by atomic mass is 35.5. The van der Waals surface area contributed by atoms with Gasteiger partial charge in [-0.25, -0.2) is 4.39 Å². The van der Waals surface area contributed by atoms with Gasteiger partial charge in [0.15, 0.2) is 0 Å². The van der Waals surface area contributed by atoms with Crippen LogP contribution in [0.3, 0.4) is 0 Å². The number of halogens is 3. The van der Waals surface area contributed by atoms with Gasteiger partial charge in [-0.2, -0.15) is 0 Å². The maximum Gasteiger partial charge on any atom is 0.128 e. The third kappa shape index (κ3) is 1.35.